The molecule has 0 atom stereocenters. The average Bonchev–Trinajstić information content (AvgIpc) is 2.78. The third-order valence-corrected chi connectivity index (χ3v) is 2.44. The van der Waals surface area contributed by atoms with Gasteiger partial charge in [-0.2, -0.15) is 0 Å². The van der Waals surface area contributed by atoms with E-state index in [-0.39, 0.29) is 0 Å². The highest BCUT2D eigenvalue weighted by molar-refractivity contribution is 5.10. The zero-order valence-corrected chi connectivity index (χ0v) is 9.84. The first-order chi connectivity index (χ1) is 8.28. The van der Waals surface area contributed by atoms with E-state index < -0.39 is 0 Å². The highest BCUT2D eigenvalue weighted by Crippen LogP contribution is 2.08. The third-order valence-electron chi connectivity index (χ3n) is 2.44. The molecule has 0 aromatic carbocycles. The van der Waals surface area contributed by atoms with Gasteiger partial charge in [-0.3, -0.25) is 9.88 Å². The minimum Gasteiger partial charge on any atom is -0.360 e. The van der Waals surface area contributed by atoms with Crippen LogP contribution in [0.5, 0.6) is 0 Å². The lowest BCUT2D eigenvalue weighted by Gasteiger charge is -2.14. The molecule has 0 fully saturated rings. The van der Waals surface area contributed by atoms with Crippen molar-refractivity contribution in [1.82, 2.24) is 15.0 Å². The molecule has 0 bridgehead atoms. The van der Waals surface area contributed by atoms with Crippen LogP contribution < -0.4 is 5.73 Å². The van der Waals surface area contributed by atoms with Gasteiger partial charge >= 0.3 is 0 Å². The molecule has 0 radical (unpaired) electrons. The van der Waals surface area contributed by atoms with E-state index in [0.29, 0.717) is 6.54 Å². The summed E-state index contributed by atoms with van der Waals surface area (Å²) in [5, 5.41) is 3.86. The van der Waals surface area contributed by atoms with Crippen LogP contribution >= 0.6 is 0 Å². The highest BCUT2D eigenvalue weighted by atomic mass is 16.5. The molecule has 2 aromatic rings. The lowest BCUT2D eigenvalue weighted by atomic mass is 10.2. The predicted octanol–water partition coefficient (Wildman–Crippen LogP) is 1.16. The quantitative estimate of drug-likeness (QED) is 0.837. The molecule has 0 spiro atoms. The van der Waals surface area contributed by atoms with Gasteiger partial charge in [-0.15, -0.1) is 0 Å². The van der Waals surface area contributed by atoms with Crippen LogP contribution in [-0.2, 0) is 19.6 Å². The van der Waals surface area contributed by atoms with Crippen molar-refractivity contribution >= 4 is 0 Å². The first-order valence-corrected chi connectivity index (χ1v) is 5.50. The van der Waals surface area contributed by atoms with Crippen molar-refractivity contribution in [3.63, 3.8) is 0 Å². The number of hydrogen-bond acceptors (Lipinski definition) is 5. The van der Waals surface area contributed by atoms with Crippen LogP contribution in [0.3, 0.4) is 0 Å². The maximum atomic E-state index is 5.47. The summed E-state index contributed by atoms with van der Waals surface area (Å²) < 4.78 is 5.18. The Morgan fingerprint density at radius 1 is 1.29 bits per heavy atom. The molecule has 2 heterocycles. The van der Waals surface area contributed by atoms with Crippen LogP contribution in [0.4, 0.5) is 0 Å². The van der Waals surface area contributed by atoms with Gasteiger partial charge in [-0.05, 0) is 24.7 Å². The average molecular weight is 232 g/mol. The standard InChI is InChI=1S/C12H16N4O/c1-16(8-10-2-4-14-5-3-10)9-12-6-11(7-13)15-17-12/h2-6H,7-9,13H2,1H3. The number of aromatic nitrogens is 2. The Hall–Kier alpha value is -1.72. The number of pyridine rings is 1. The van der Waals surface area contributed by atoms with E-state index in [2.05, 4.69) is 15.0 Å². The number of rotatable bonds is 5. The Labute approximate surface area is 100 Å². The molecule has 2 aromatic heterocycles. The molecular weight excluding hydrogens is 216 g/mol. The number of nitrogens with two attached hydrogens (primary N) is 1. The summed E-state index contributed by atoms with van der Waals surface area (Å²) in [4.78, 5) is 6.14. The second-order valence-electron chi connectivity index (χ2n) is 4.02. The Bertz CT molecular complexity index is 455. The molecular formula is C12H16N4O. The van der Waals surface area contributed by atoms with Crippen molar-refractivity contribution < 1.29 is 4.52 Å². The maximum Gasteiger partial charge on any atom is 0.151 e. The van der Waals surface area contributed by atoms with E-state index in [1.54, 1.807) is 12.4 Å². The SMILES string of the molecule is CN(Cc1ccncc1)Cc1cc(CN)no1. The smallest absolute Gasteiger partial charge is 0.151 e. The zero-order valence-electron chi connectivity index (χ0n) is 9.84. The van der Waals surface area contributed by atoms with Crippen LogP contribution in [0.25, 0.3) is 0 Å². The van der Waals surface area contributed by atoms with Crippen molar-refractivity contribution in [2.45, 2.75) is 19.6 Å². The molecule has 2 rings (SSSR count). The molecule has 5 nitrogen and oxygen atoms in total. The Morgan fingerprint density at radius 3 is 2.71 bits per heavy atom. The van der Waals surface area contributed by atoms with Gasteiger partial charge in [-0.1, -0.05) is 5.16 Å². The van der Waals surface area contributed by atoms with Crippen LogP contribution in [-0.4, -0.2) is 22.1 Å². The van der Waals surface area contributed by atoms with Gasteiger partial charge in [-0.25, -0.2) is 0 Å². The molecule has 0 saturated heterocycles. The minimum atomic E-state index is 0.414. The van der Waals surface area contributed by atoms with E-state index in [1.807, 2.05) is 25.2 Å². The monoisotopic (exact) mass is 232 g/mol. The van der Waals surface area contributed by atoms with Crippen LogP contribution in [0, 0.1) is 0 Å². The number of nitrogens with zero attached hydrogens (tertiary/aromatic N) is 3. The Balaban J connectivity index is 1.91. The van der Waals surface area contributed by atoms with Gasteiger partial charge in [0.05, 0.1) is 12.2 Å². The van der Waals surface area contributed by atoms with E-state index >= 15 is 0 Å². The Morgan fingerprint density at radius 2 is 2.06 bits per heavy atom. The molecule has 0 aliphatic rings. The fourth-order valence-electron chi connectivity index (χ4n) is 1.65. The first kappa shape index (κ1) is 11.8. The molecule has 0 amide bonds. The fraction of sp³-hybridized carbons (Fsp3) is 0.333. The number of hydrogen-bond donors (Lipinski definition) is 1. The van der Waals surface area contributed by atoms with E-state index in [1.165, 1.54) is 5.56 Å². The third kappa shape index (κ3) is 3.37. The minimum absolute atomic E-state index is 0.414. The zero-order chi connectivity index (χ0) is 12.1. The lowest BCUT2D eigenvalue weighted by Crippen LogP contribution is -2.16. The predicted molar refractivity (Wildman–Crippen MR) is 63.8 cm³/mol. The van der Waals surface area contributed by atoms with Gasteiger partial charge < -0.3 is 10.3 Å². The second kappa shape index (κ2) is 5.56. The van der Waals surface area contributed by atoms with Gasteiger partial charge in [0, 0.05) is 31.5 Å². The summed E-state index contributed by atoms with van der Waals surface area (Å²) in [5.41, 5.74) is 7.49. The molecule has 5 heteroatoms. The molecule has 0 aliphatic carbocycles. The van der Waals surface area contributed by atoms with Crippen molar-refractivity contribution in [2.24, 2.45) is 5.73 Å². The van der Waals surface area contributed by atoms with Crippen LogP contribution in [0.1, 0.15) is 17.0 Å². The van der Waals surface area contributed by atoms with Gasteiger partial charge in [0.25, 0.3) is 0 Å². The molecule has 0 aliphatic heterocycles. The molecule has 0 unspecified atom stereocenters. The molecule has 17 heavy (non-hydrogen) atoms. The highest BCUT2D eigenvalue weighted by Gasteiger charge is 2.06. The Kier molecular flexibility index (Phi) is 3.85. The summed E-state index contributed by atoms with van der Waals surface area (Å²) in [7, 11) is 2.03. The van der Waals surface area contributed by atoms with Crippen molar-refractivity contribution in [1.29, 1.82) is 0 Å². The largest absolute Gasteiger partial charge is 0.360 e. The molecule has 2 N–H and O–H groups in total. The topological polar surface area (TPSA) is 68.2 Å². The van der Waals surface area contributed by atoms with Crippen molar-refractivity contribution in [3.05, 3.63) is 47.6 Å². The van der Waals surface area contributed by atoms with Gasteiger partial charge in [0.1, 0.15) is 0 Å². The lowest BCUT2D eigenvalue weighted by molar-refractivity contribution is 0.265. The normalized spacial score (nSPS) is 11.0. The first-order valence-electron chi connectivity index (χ1n) is 5.50. The summed E-state index contributed by atoms with van der Waals surface area (Å²) >= 11 is 0. The van der Waals surface area contributed by atoms with Crippen molar-refractivity contribution in [3.8, 4) is 0 Å². The molecule has 0 saturated carbocycles. The van der Waals surface area contributed by atoms with Crippen LogP contribution in [0.2, 0.25) is 0 Å². The second-order valence-corrected chi connectivity index (χ2v) is 4.02. The van der Waals surface area contributed by atoms with Crippen LogP contribution in [0.15, 0.2) is 35.1 Å². The summed E-state index contributed by atoms with van der Waals surface area (Å²) in [5.74, 6) is 0.835. The maximum absolute atomic E-state index is 5.47. The van der Waals surface area contributed by atoms with Gasteiger partial charge in [0.2, 0.25) is 0 Å². The summed E-state index contributed by atoms with van der Waals surface area (Å²) in [6, 6.07) is 5.90. The summed E-state index contributed by atoms with van der Waals surface area (Å²) in [6.45, 7) is 1.98. The van der Waals surface area contributed by atoms with Gasteiger partial charge in [0.15, 0.2) is 5.76 Å². The summed E-state index contributed by atoms with van der Waals surface area (Å²) in [6.07, 6.45) is 3.59. The van der Waals surface area contributed by atoms with E-state index in [0.717, 1.165) is 24.5 Å². The fourth-order valence-corrected chi connectivity index (χ4v) is 1.65. The van der Waals surface area contributed by atoms with E-state index in [4.69, 9.17) is 10.3 Å². The molecule has 90 valence electrons. The van der Waals surface area contributed by atoms with E-state index in [9.17, 15) is 0 Å². The van der Waals surface area contributed by atoms with Crippen molar-refractivity contribution in [2.75, 3.05) is 7.05 Å².